The van der Waals surface area contributed by atoms with Crippen molar-refractivity contribution in [2.45, 2.75) is 52.1 Å². The number of nitrogens with zero attached hydrogens (tertiary/aromatic N) is 1. The highest BCUT2D eigenvalue weighted by molar-refractivity contribution is 5.99. The Morgan fingerprint density at radius 3 is 2.41 bits per heavy atom. The molecule has 0 aliphatic carbocycles. The third kappa shape index (κ3) is 6.16. The Labute approximate surface area is 201 Å². The maximum absolute atomic E-state index is 13.2. The summed E-state index contributed by atoms with van der Waals surface area (Å²) in [4.78, 5) is 41.0. The predicted molar refractivity (Wildman–Crippen MR) is 132 cm³/mol. The summed E-state index contributed by atoms with van der Waals surface area (Å²) in [5.41, 5.74) is 2.01. The number of amides is 3. The van der Waals surface area contributed by atoms with E-state index >= 15 is 0 Å². The fraction of sp³-hybridized carbons (Fsp3) is 0.444. The highest BCUT2D eigenvalue weighted by Crippen LogP contribution is 2.24. The van der Waals surface area contributed by atoms with Gasteiger partial charge in [0.15, 0.2) is 0 Å². The van der Waals surface area contributed by atoms with Crippen molar-refractivity contribution in [2.75, 3.05) is 20.2 Å². The van der Waals surface area contributed by atoms with E-state index in [1.54, 1.807) is 42.3 Å². The van der Waals surface area contributed by atoms with Crippen molar-refractivity contribution >= 4 is 17.7 Å². The average Bonchev–Trinajstić information content (AvgIpc) is 2.87. The van der Waals surface area contributed by atoms with Crippen molar-refractivity contribution < 1.29 is 19.1 Å². The summed E-state index contributed by atoms with van der Waals surface area (Å²) in [5, 5.41) is 6.02. The monoisotopic (exact) mass is 465 g/mol. The topological polar surface area (TPSA) is 87.7 Å². The van der Waals surface area contributed by atoms with E-state index in [0.29, 0.717) is 42.8 Å². The molecule has 3 amide bonds. The van der Waals surface area contributed by atoms with Gasteiger partial charge in [-0.1, -0.05) is 31.2 Å². The maximum Gasteiger partial charge on any atom is 0.253 e. The Hall–Kier alpha value is -3.35. The molecule has 2 atom stereocenters. The van der Waals surface area contributed by atoms with E-state index in [-0.39, 0.29) is 29.7 Å². The molecule has 0 aromatic heterocycles. The van der Waals surface area contributed by atoms with Crippen LogP contribution in [0.25, 0.3) is 0 Å². The number of benzene rings is 2. The van der Waals surface area contributed by atoms with E-state index in [0.717, 1.165) is 12.0 Å². The predicted octanol–water partition coefficient (Wildman–Crippen LogP) is 3.57. The first-order valence-electron chi connectivity index (χ1n) is 11.9. The first-order chi connectivity index (χ1) is 16.3. The number of rotatable bonds is 8. The average molecular weight is 466 g/mol. The smallest absolute Gasteiger partial charge is 0.253 e. The molecule has 1 aliphatic heterocycles. The lowest BCUT2D eigenvalue weighted by Crippen LogP contribution is -2.55. The van der Waals surface area contributed by atoms with Gasteiger partial charge in [0.25, 0.3) is 11.8 Å². The summed E-state index contributed by atoms with van der Waals surface area (Å²) in [5.74, 6) is 0.0980. The number of ether oxygens (including phenoxy) is 1. The van der Waals surface area contributed by atoms with E-state index < -0.39 is 6.04 Å². The Balaban J connectivity index is 1.71. The van der Waals surface area contributed by atoms with Crippen LogP contribution in [0.5, 0.6) is 5.75 Å². The third-order valence-corrected chi connectivity index (χ3v) is 6.57. The standard InChI is InChI=1S/C27H35N3O4/c1-5-19(3)28-26(32)24(29-25(31)23-12-7-6-9-18(23)2)20-13-15-30(16-14-20)27(33)21-10-8-11-22(17-21)34-4/h6-12,17,19-20,24H,5,13-16H2,1-4H3,(H,28,32)(H,29,31)/t19-,24-/m0/s1. The summed E-state index contributed by atoms with van der Waals surface area (Å²) in [6.07, 6.45) is 2.06. The van der Waals surface area contributed by atoms with Gasteiger partial charge in [0.1, 0.15) is 11.8 Å². The van der Waals surface area contributed by atoms with Crippen LogP contribution in [0, 0.1) is 12.8 Å². The summed E-state index contributed by atoms with van der Waals surface area (Å²) in [6, 6.07) is 13.8. The minimum absolute atomic E-state index is 0.0140. The van der Waals surface area contributed by atoms with Gasteiger partial charge in [-0.15, -0.1) is 0 Å². The second kappa shape index (κ2) is 11.7. The summed E-state index contributed by atoms with van der Waals surface area (Å²) in [6.45, 7) is 6.88. The van der Waals surface area contributed by atoms with E-state index in [2.05, 4.69) is 10.6 Å². The molecule has 2 N–H and O–H groups in total. The quantitative estimate of drug-likeness (QED) is 0.624. The molecule has 1 saturated heterocycles. The number of hydrogen-bond donors (Lipinski definition) is 2. The first-order valence-corrected chi connectivity index (χ1v) is 11.9. The molecule has 7 heteroatoms. The molecule has 1 aliphatic rings. The minimum atomic E-state index is -0.657. The SMILES string of the molecule is CC[C@H](C)NC(=O)[C@@H](NC(=O)c1ccccc1C)C1CCN(C(=O)c2cccc(OC)c2)CC1. The van der Waals surface area contributed by atoms with E-state index in [9.17, 15) is 14.4 Å². The zero-order valence-electron chi connectivity index (χ0n) is 20.5. The summed E-state index contributed by atoms with van der Waals surface area (Å²) >= 11 is 0. The van der Waals surface area contributed by atoms with E-state index in [4.69, 9.17) is 4.74 Å². The zero-order chi connectivity index (χ0) is 24.7. The van der Waals surface area contributed by atoms with Crippen LogP contribution < -0.4 is 15.4 Å². The number of nitrogens with one attached hydrogen (secondary N) is 2. The lowest BCUT2D eigenvalue weighted by molar-refractivity contribution is -0.125. The molecule has 0 bridgehead atoms. The fourth-order valence-electron chi connectivity index (χ4n) is 4.25. The van der Waals surface area contributed by atoms with Gasteiger partial charge in [-0.25, -0.2) is 0 Å². The van der Waals surface area contributed by atoms with Crippen LogP contribution in [-0.4, -0.2) is 54.9 Å². The Morgan fingerprint density at radius 1 is 1.06 bits per heavy atom. The summed E-state index contributed by atoms with van der Waals surface area (Å²) < 4.78 is 5.23. The van der Waals surface area contributed by atoms with Gasteiger partial charge in [-0.3, -0.25) is 14.4 Å². The Morgan fingerprint density at radius 2 is 1.76 bits per heavy atom. The minimum Gasteiger partial charge on any atom is -0.497 e. The number of carbonyl (C=O) groups excluding carboxylic acids is 3. The number of hydrogen-bond acceptors (Lipinski definition) is 4. The van der Waals surface area contributed by atoms with Crippen LogP contribution in [-0.2, 0) is 4.79 Å². The number of likely N-dealkylation sites (tertiary alicyclic amines) is 1. The largest absolute Gasteiger partial charge is 0.497 e. The van der Waals surface area contributed by atoms with Gasteiger partial charge < -0.3 is 20.3 Å². The second-order valence-electron chi connectivity index (χ2n) is 8.95. The normalized spacial score (nSPS) is 15.8. The first kappa shape index (κ1) is 25.3. The maximum atomic E-state index is 13.2. The van der Waals surface area contributed by atoms with Gasteiger partial charge in [0, 0.05) is 30.3 Å². The number of carbonyl (C=O) groups is 3. The van der Waals surface area contributed by atoms with Gasteiger partial charge in [-0.2, -0.15) is 0 Å². The molecule has 182 valence electrons. The Bertz CT molecular complexity index is 1010. The Kier molecular flexibility index (Phi) is 8.68. The van der Waals surface area contributed by atoms with Crippen molar-refractivity contribution in [3.05, 3.63) is 65.2 Å². The zero-order valence-corrected chi connectivity index (χ0v) is 20.5. The number of piperidine rings is 1. The number of methoxy groups -OCH3 is 1. The van der Waals surface area contributed by atoms with Crippen molar-refractivity contribution in [1.29, 1.82) is 0 Å². The molecule has 1 fully saturated rings. The van der Waals surface area contributed by atoms with Gasteiger partial charge in [-0.05, 0) is 68.9 Å². The lowest BCUT2D eigenvalue weighted by atomic mass is 9.88. The van der Waals surface area contributed by atoms with Crippen molar-refractivity contribution in [3.63, 3.8) is 0 Å². The molecule has 7 nitrogen and oxygen atoms in total. The molecule has 0 saturated carbocycles. The number of aryl methyl sites for hydroxylation is 1. The lowest BCUT2D eigenvalue weighted by Gasteiger charge is -2.36. The van der Waals surface area contributed by atoms with E-state index in [1.165, 1.54) is 0 Å². The molecular weight excluding hydrogens is 430 g/mol. The van der Waals surface area contributed by atoms with Crippen LogP contribution in [0.2, 0.25) is 0 Å². The summed E-state index contributed by atoms with van der Waals surface area (Å²) in [7, 11) is 1.57. The van der Waals surface area contributed by atoms with Crippen LogP contribution in [0.4, 0.5) is 0 Å². The van der Waals surface area contributed by atoms with Crippen molar-refractivity contribution in [2.24, 2.45) is 5.92 Å². The van der Waals surface area contributed by atoms with E-state index in [1.807, 2.05) is 39.0 Å². The third-order valence-electron chi connectivity index (χ3n) is 6.57. The van der Waals surface area contributed by atoms with Crippen LogP contribution in [0.1, 0.15) is 59.4 Å². The van der Waals surface area contributed by atoms with Crippen LogP contribution in [0.3, 0.4) is 0 Å². The van der Waals surface area contributed by atoms with Crippen LogP contribution >= 0.6 is 0 Å². The molecule has 2 aromatic carbocycles. The molecule has 2 aromatic rings. The van der Waals surface area contributed by atoms with Gasteiger partial charge in [0.2, 0.25) is 5.91 Å². The molecular formula is C27H35N3O4. The molecule has 3 rings (SSSR count). The molecule has 0 unspecified atom stereocenters. The highest BCUT2D eigenvalue weighted by atomic mass is 16.5. The molecule has 0 spiro atoms. The van der Waals surface area contributed by atoms with Gasteiger partial charge >= 0.3 is 0 Å². The fourth-order valence-corrected chi connectivity index (χ4v) is 4.25. The molecule has 0 radical (unpaired) electrons. The van der Waals surface area contributed by atoms with Crippen LogP contribution in [0.15, 0.2) is 48.5 Å². The molecule has 1 heterocycles. The second-order valence-corrected chi connectivity index (χ2v) is 8.95. The molecule has 34 heavy (non-hydrogen) atoms. The van der Waals surface area contributed by atoms with Gasteiger partial charge in [0.05, 0.1) is 7.11 Å². The van der Waals surface area contributed by atoms with Crippen molar-refractivity contribution in [1.82, 2.24) is 15.5 Å². The van der Waals surface area contributed by atoms with Crippen molar-refractivity contribution in [3.8, 4) is 5.75 Å². The highest BCUT2D eigenvalue weighted by Gasteiger charge is 2.34.